The SMILES string of the molecule is O=C(CCCl)NC(=O)Nc1c(Cl)cc(Cl)c2nsnc12. The average Bonchev–Trinajstić information content (AvgIpc) is 2.84. The molecule has 2 aromatic rings. The highest BCUT2D eigenvalue weighted by Crippen LogP contribution is 2.35. The van der Waals surface area contributed by atoms with Gasteiger partial charge in [-0.15, -0.1) is 11.6 Å². The molecular formula is C10H7Cl3N4O2S. The molecule has 2 rings (SSSR count). The maximum atomic E-state index is 11.7. The number of amides is 3. The summed E-state index contributed by atoms with van der Waals surface area (Å²) in [6.07, 6.45) is 0.0387. The van der Waals surface area contributed by atoms with E-state index in [1.54, 1.807) is 0 Å². The van der Waals surface area contributed by atoms with Crippen LogP contribution < -0.4 is 10.6 Å². The molecular weight excluding hydrogens is 347 g/mol. The second kappa shape index (κ2) is 6.53. The van der Waals surface area contributed by atoms with Crippen molar-refractivity contribution in [1.29, 1.82) is 0 Å². The topological polar surface area (TPSA) is 84.0 Å². The zero-order chi connectivity index (χ0) is 14.7. The monoisotopic (exact) mass is 352 g/mol. The summed E-state index contributed by atoms with van der Waals surface area (Å²) in [5.41, 5.74) is 1.05. The van der Waals surface area contributed by atoms with Crippen molar-refractivity contribution >= 4 is 75.2 Å². The van der Waals surface area contributed by atoms with Gasteiger partial charge in [-0.3, -0.25) is 10.1 Å². The molecule has 0 radical (unpaired) electrons. The summed E-state index contributed by atoms with van der Waals surface area (Å²) in [4.78, 5) is 22.9. The fraction of sp³-hybridized carbons (Fsp3) is 0.200. The molecule has 0 aliphatic rings. The third-order valence-corrected chi connectivity index (χ3v) is 3.56. The lowest BCUT2D eigenvalue weighted by Crippen LogP contribution is -2.34. The van der Waals surface area contributed by atoms with Gasteiger partial charge in [0.15, 0.2) is 0 Å². The Balaban J connectivity index is 2.23. The summed E-state index contributed by atoms with van der Waals surface area (Å²) in [7, 11) is 0. The van der Waals surface area contributed by atoms with Crippen molar-refractivity contribution < 1.29 is 9.59 Å². The highest BCUT2D eigenvalue weighted by atomic mass is 35.5. The lowest BCUT2D eigenvalue weighted by molar-refractivity contribution is -0.119. The van der Waals surface area contributed by atoms with Crippen molar-refractivity contribution in [3.05, 3.63) is 16.1 Å². The number of hydrogen-bond donors (Lipinski definition) is 2. The molecule has 1 aromatic heterocycles. The summed E-state index contributed by atoms with van der Waals surface area (Å²) in [6, 6.07) is 0.724. The van der Waals surface area contributed by atoms with Crippen LogP contribution >= 0.6 is 46.5 Å². The van der Waals surface area contributed by atoms with E-state index in [1.807, 2.05) is 0 Å². The number of nitrogens with zero attached hydrogens (tertiary/aromatic N) is 2. The Morgan fingerprint density at radius 3 is 2.60 bits per heavy atom. The van der Waals surface area contributed by atoms with Crippen LogP contribution in [0.1, 0.15) is 6.42 Å². The Morgan fingerprint density at radius 1 is 1.20 bits per heavy atom. The Labute approximate surface area is 132 Å². The molecule has 0 aliphatic carbocycles. The number of rotatable bonds is 3. The van der Waals surface area contributed by atoms with Crippen LogP contribution in [0.25, 0.3) is 11.0 Å². The van der Waals surface area contributed by atoms with Crippen LogP contribution in [0.2, 0.25) is 10.0 Å². The molecule has 0 atom stereocenters. The molecule has 0 saturated carbocycles. The van der Waals surface area contributed by atoms with E-state index < -0.39 is 11.9 Å². The second-order valence-electron chi connectivity index (χ2n) is 3.62. The number of aromatic nitrogens is 2. The van der Waals surface area contributed by atoms with Gasteiger partial charge in [-0.2, -0.15) is 8.75 Å². The molecule has 0 fully saturated rings. The van der Waals surface area contributed by atoms with Gasteiger partial charge >= 0.3 is 6.03 Å². The van der Waals surface area contributed by atoms with Crippen molar-refractivity contribution in [1.82, 2.24) is 14.1 Å². The number of halogens is 3. The van der Waals surface area contributed by atoms with E-state index in [9.17, 15) is 9.59 Å². The van der Waals surface area contributed by atoms with Crippen LogP contribution in [0.3, 0.4) is 0 Å². The predicted molar refractivity (Wildman–Crippen MR) is 79.9 cm³/mol. The minimum atomic E-state index is -0.723. The first kappa shape index (κ1) is 15.2. The molecule has 0 saturated heterocycles. The van der Waals surface area contributed by atoms with Gasteiger partial charge in [0.2, 0.25) is 5.91 Å². The molecule has 0 aliphatic heterocycles. The number of carbonyl (C=O) groups excluding carboxylic acids is 2. The van der Waals surface area contributed by atoms with E-state index in [1.165, 1.54) is 6.07 Å². The molecule has 2 N–H and O–H groups in total. The van der Waals surface area contributed by atoms with E-state index in [4.69, 9.17) is 34.8 Å². The van der Waals surface area contributed by atoms with Crippen LogP contribution in [0.5, 0.6) is 0 Å². The molecule has 20 heavy (non-hydrogen) atoms. The number of imide groups is 1. The van der Waals surface area contributed by atoms with Crippen LogP contribution in [0.15, 0.2) is 6.07 Å². The number of hydrogen-bond acceptors (Lipinski definition) is 5. The lowest BCUT2D eigenvalue weighted by atomic mass is 10.2. The summed E-state index contributed by atoms with van der Waals surface area (Å²) in [5, 5.41) is 5.11. The number of carbonyl (C=O) groups is 2. The largest absolute Gasteiger partial charge is 0.325 e. The minimum Gasteiger partial charge on any atom is -0.304 e. The fourth-order valence-electron chi connectivity index (χ4n) is 1.41. The molecule has 6 nitrogen and oxygen atoms in total. The number of benzene rings is 1. The Bertz CT molecular complexity index is 676. The van der Waals surface area contributed by atoms with Gasteiger partial charge in [-0.25, -0.2) is 4.79 Å². The summed E-state index contributed by atoms with van der Waals surface area (Å²) >= 11 is 18.3. The predicted octanol–water partition coefficient (Wildman–Crippen LogP) is 3.28. The average molecular weight is 354 g/mol. The summed E-state index contributed by atoms with van der Waals surface area (Å²) in [6.45, 7) is 0. The first-order chi connectivity index (χ1) is 9.52. The molecule has 0 spiro atoms. The first-order valence-electron chi connectivity index (χ1n) is 5.30. The number of nitrogens with one attached hydrogen (secondary N) is 2. The summed E-state index contributed by atoms with van der Waals surface area (Å²) < 4.78 is 8.02. The third kappa shape index (κ3) is 3.29. The molecule has 1 aromatic carbocycles. The van der Waals surface area contributed by atoms with Crippen LogP contribution in [-0.2, 0) is 4.79 Å². The van der Waals surface area contributed by atoms with Crippen LogP contribution in [0, 0.1) is 0 Å². The first-order valence-corrected chi connectivity index (χ1v) is 7.32. The van der Waals surface area contributed by atoms with Crippen molar-refractivity contribution in [2.75, 3.05) is 11.2 Å². The summed E-state index contributed by atoms with van der Waals surface area (Å²) in [5.74, 6) is -0.364. The van der Waals surface area contributed by atoms with Gasteiger partial charge in [0.05, 0.1) is 27.5 Å². The number of anilines is 1. The van der Waals surface area contributed by atoms with Gasteiger partial charge in [0.1, 0.15) is 11.0 Å². The number of fused-ring (bicyclic) bond motifs is 1. The van der Waals surface area contributed by atoms with Gasteiger partial charge in [-0.05, 0) is 6.07 Å². The molecule has 106 valence electrons. The van der Waals surface area contributed by atoms with Gasteiger partial charge in [0, 0.05) is 12.3 Å². The molecule has 3 amide bonds. The maximum absolute atomic E-state index is 11.7. The second-order valence-corrected chi connectivity index (χ2v) is 5.34. The van der Waals surface area contributed by atoms with Crippen LogP contribution in [-0.4, -0.2) is 26.6 Å². The van der Waals surface area contributed by atoms with E-state index in [-0.39, 0.29) is 23.0 Å². The fourth-order valence-corrected chi connectivity index (χ4v) is 2.74. The normalized spacial score (nSPS) is 10.6. The highest BCUT2D eigenvalue weighted by molar-refractivity contribution is 7.00. The van der Waals surface area contributed by atoms with E-state index >= 15 is 0 Å². The zero-order valence-corrected chi connectivity index (χ0v) is 12.8. The highest BCUT2D eigenvalue weighted by Gasteiger charge is 2.17. The Morgan fingerprint density at radius 2 is 1.90 bits per heavy atom. The quantitative estimate of drug-likeness (QED) is 0.829. The smallest absolute Gasteiger partial charge is 0.304 e. The standard InChI is InChI=1S/C10H7Cl3N4O2S/c11-2-1-6(18)14-10(19)15-7-4(12)3-5(13)8-9(7)17-20-16-8/h3H,1-2H2,(H2,14,15,18,19). The molecule has 0 unspecified atom stereocenters. The third-order valence-electron chi connectivity index (χ3n) is 2.26. The number of urea groups is 1. The van der Waals surface area contributed by atoms with Crippen molar-refractivity contribution in [3.8, 4) is 0 Å². The van der Waals surface area contributed by atoms with Gasteiger partial charge in [0.25, 0.3) is 0 Å². The van der Waals surface area contributed by atoms with Crippen molar-refractivity contribution in [2.45, 2.75) is 6.42 Å². The zero-order valence-electron chi connectivity index (χ0n) is 9.74. The van der Waals surface area contributed by atoms with Gasteiger partial charge in [-0.1, -0.05) is 23.2 Å². The van der Waals surface area contributed by atoms with Gasteiger partial charge < -0.3 is 5.32 Å². The van der Waals surface area contributed by atoms with E-state index in [0.29, 0.717) is 16.1 Å². The Kier molecular flexibility index (Phi) is 4.98. The number of alkyl halides is 1. The van der Waals surface area contributed by atoms with Crippen molar-refractivity contribution in [3.63, 3.8) is 0 Å². The van der Waals surface area contributed by atoms with Crippen LogP contribution in [0.4, 0.5) is 10.5 Å². The Hall–Kier alpha value is -1.15. The van der Waals surface area contributed by atoms with Crippen molar-refractivity contribution in [2.24, 2.45) is 0 Å². The molecule has 10 heteroatoms. The molecule has 0 bridgehead atoms. The lowest BCUT2D eigenvalue weighted by Gasteiger charge is -2.08. The minimum absolute atomic E-state index is 0.0387. The maximum Gasteiger partial charge on any atom is 0.325 e. The van der Waals surface area contributed by atoms with E-state index in [0.717, 1.165) is 11.7 Å². The molecule has 1 heterocycles. The van der Waals surface area contributed by atoms with E-state index in [2.05, 4.69) is 19.4 Å².